The lowest BCUT2D eigenvalue weighted by Gasteiger charge is -2.17. The summed E-state index contributed by atoms with van der Waals surface area (Å²) in [6, 6.07) is 4.70. The van der Waals surface area contributed by atoms with Gasteiger partial charge in [-0.25, -0.2) is 8.78 Å². The number of rotatable bonds is 2. The first-order valence-corrected chi connectivity index (χ1v) is 4.98. The summed E-state index contributed by atoms with van der Waals surface area (Å²) in [7, 11) is 0. The van der Waals surface area contributed by atoms with Gasteiger partial charge < -0.3 is 15.1 Å². The molecular weight excluding hydrogens is 232 g/mol. The zero-order valence-electron chi connectivity index (χ0n) is 9.02. The van der Waals surface area contributed by atoms with Crippen molar-refractivity contribution >= 4 is 5.71 Å². The number of alkyl halides is 2. The summed E-state index contributed by atoms with van der Waals surface area (Å²) in [4.78, 5) is 4.35. The van der Waals surface area contributed by atoms with Gasteiger partial charge in [0, 0.05) is 5.56 Å². The Kier molecular flexibility index (Phi) is 2.74. The first kappa shape index (κ1) is 11.8. The van der Waals surface area contributed by atoms with Crippen LogP contribution in [0.2, 0.25) is 0 Å². The van der Waals surface area contributed by atoms with E-state index in [2.05, 4.69) is 9.99 Å². The highest BCUT2D eigenvalue weighted by molar-refractivity contribution is 6.03. The second-order valence-electron chi connectivity index (χ2n) is 3.97. The van der Waals surface area contributed by atoms with Gasteiger partial charge in [0.1, 0.15) is 5.75 Å². The van der Waals surface area contributed by atoms with Crippen LogP contribution in [0.3, 0.4) is 0 Å². The molecule has 1 atom stereocenters. The van der Waals surface area contributed by atoms with Gasteiger partial charge in [-0.05, 0) is 19.1 Å². The van der Waals surface area contributed by atoms with Crippen molar-refractivity contribution < 1.29 is 23.8 Å². The second-order valence-corrected chi connectivity index (χ2v) is 3.97. The van der Waals surface area contributed by atoms with E-state index in [0.29, 0.717) is 5.56 Å². The van der Waals surface area contributed by atoms with Gasteiger partial charge in [-0.1, -0.05) is 16.8 Å². The molecule has 1 aromatic carbocycles. The van der Waals surface area contributed by atoms with Crippen LogP contribution >= 0.6 is 0 Å². The lowest BCUT2D eigenvalue weighted by atomic mass is 10.0. The number of aliphatic hydroxyl groups is 1. The summed E-state index contributed by atoms with van der Waals surface area (Å²) in [6.07, 6.45) is -3.52. The fraction of sp³-hybridized carbons (Fsp3) is 0.364. The van der Waals surface area contributed by atoms with Crippen molar-refractivity contribution in [1.82, 2.24) is 0 Å². The van der Waals surface area contributed by atoms with Crippen LogP contribution in [0.5, 0.6) is 5.75 Å². The molecule has 0 aromatic heterocycles. The van der Waals surface area contributed by atoms with Crippen LogP contribution < -0.4 is 0 Å². The van der Waals surface area contributed by atoms with Crippen LogP contribution in [-0.2, 0) is 4.84 Å². The maximum absolute atomic E-state index is 12.5. The van der Waals surface area contributed by atoms with E-state index in [9.17, 15) is 19.0 Å². The van der Waals surface area contributed by atoms with E-state index < -0.39 is 18.6 Å². The third kappa shape index (κ3) is 2.08. The topological polar surface area (TPSA) is 62.1 Å². The number of nitrogens with zero attached hydrogens (tertiary/aromatic N) is 1. The normalized spacial score (nSPS) is 23.7. The van der Waals surface area contributed by atoms with Gasteiger partial charge in [0.05, 0.1) is 12.1 Å². The molecule has 1 aliphatic rings. The molecule has 0 amide bonds. The molecule has 2 N–H and O–H groups in total. The van der Waals surface area contributed by atoms with E-state index in [0.717, 1.165) is 5.56 Å². The van der Waals surface area contributed by atoms with E-state index in [1.54, 1.807) is 19.1 Å². The Morgan fingerprint density at radius 1 is 1.47 bits per heavy atom. The maximum Gasteiger partial charge on any atom is 0.305 e. The van der Waals surface area contributed by atoms with Crippen molar-refractivity contribution in [3.8, 4) is 5.75 Å². The molecule has 1 heterocycles. The monoisotopic (exact) mass is 243 g/mol. The van der Waals surface area contributed by atoms with Crippen molar-refractivity contribution in [3.63, 3.8) is 0 Å². The Labute approximate surface area is 96.1 Å². The number of hydrogen-bond donors (Lipinski definition) is 2. The number of oxime groups is 1. The molecule has 6 heteroatoms. The maximum atomic E-state index is 12.5. The molecule has 0 fully saturated rings. The summed E-state index contributed by atoms with van der Waals surface area (Å²) in [5.41, 5.74) is 1.24. The molecule has 0 radical (unpaired) electrons. The van der Waals surface area contributed by atoms with Crippen LogP contribution in [-0.4, -0.2) is 28.1 Å². The smallest absolute Gasteiger partial charge is 0.305 e. The number of aromatic hydroxyl groups is 1. The van der Waals surface area contributed by atoms with E-state index >= 15 is 0 Å². The predicted octanol–water partition coefficient (Wildman–Crippen LogP) is 1.78. The molecular formula is C11H11F2NO3. The van der Waals surface area contributed by atoms with Crippen LogP contribution in [0.4, 0.5) is 8.78 Å². The van der Waals surface area contributed by atoms with Gasteiger partial charge in [-0.15, -0.1) is 0 Å². The number of hydrogen-bond acceptors (Lipinski definition) is 4. The SMILES string of the molecule is Cc1ccc(O)c(C2=NOC(O)(C(F)F)C2)c1. The third-order valence-electron chi connectivity index (χ3n) is 2.54. The highest BCUT2D eigenvalue weighted by atomic mass is 19.3. The summed E-state index contributed by atoms with van der Waals surface area (Å²) in [6.45, 7) is 1.79. The zero-order chi connectivity index (χ0) is 12.6. The molecule has 92 valence electrons. The Hall–Kier alpha value is -1.69. The van der Waals surface area contributed by atoms with Gasteiger partial charge in [0.15, 0.2) is 0 Å². The van der Waals surface area contributed by atoms with Gasteiger partial charge in [0.25, 0.3) is 0 Å². The molecule has 2 rings (SSSR count). The van der Waals surface area contributed by atoms with E-state index in [4.69, 9.17) is 0 Å². The zero-order valence-corrected chi connectivity index (χ0v) is 9.02. The second kappa shape index (κ2) is 3.96. The average Bonchev–Trinajstić information content (AvgIpc) is 2.66. The van der Waals surface area contributed by atoms with Crippen LogP contribution in [0.25, 0.3) is 0 Å². The number of phenols is 1. The molecule has 0 aliphatic carbocycles. The highest BCUT2D eigenvalue weighted by Crippen LogP contribution is 2.32. The molecule has 0 bridgehead atoms. The van der Waals surface area contributed by atoms with E-state index in [1.165, 1.54) is 6.07 Å². The molecule has 1 unspecified atom stereocenters. The van der Waals surface area contributed by atoms with Crippen LogP contribution in [0, 0.1) is 6.92 Å². The van der Waals surface area contributed by atoms with Gasteiger partial charge >= 0.3 is 12.2 Å². The Morgan fingerprint density at radius 2 is 2.18 bits per heavy atom. The van der Waals surface area contributed by atoms with Crippen molar-refractivity contribution in [2.75, 3.05) is 0 Å². The predicted molar refractivity (Wildman–Crippen MR) is 56.0 cm³/mol. The number of benzene rings is 1. The summed E-state index contributed by atoms with van der Waals surface area (Å²) in [5, 5.41) is 22.4. The summed E-state index contributed by atoms with van der Waals surface area (Å²) >= 11 is 0. The van der Waals surface area contributed by atoms with Gasteiger partial charge in [0.2, 0.25) is 0 Å². The van der Waals surface area contributed by atoms with Crippen molar-refractivity contribution in [3.05, 3.63) is 29.3 Å². The Bertz CT molecular complexity index is 476. The van der Waals surface area contributed by atoms with E-state index in [-0.39, 0.29) is 11.5 Å². The minimum atomic E-state index is -3.06. The van der Waals surface area contributed by atoms with Gasteiger partial charge in [-0.2, -0.15) is 0 Å². The van der Waals surface area contributed by atoms with Gasteiger partial charge in [-0.3, -0.25) is 0 Å². The molecule has 0 saturated carbocycles. The highest BCUT2D eigenvalue weighted by Gasteiger charge is 2.46. The lowest BCUT2D eigenvalue weighted by molar-refractivity contribution is -0.253. The molecule has 0 saturated heterocycles. The van der Waals surface area contributed by atoms with Crippen LogP contribution in [0.15, 0.2) is 23.4 Å². The average molecular weight is 243 g/mol. The molecule has 1 aromatic rings. The number of halogens is 2. The minimum absolute atomic E-state index is 0.0866. The minimum Gasteiger partial charge on any atom is -0.507 e. The van der Waals surface area contributed by atoms with Crippen molar-refractivity contribution in [2.24, 2.45) is 5.16 Å². The van der Waals surface area contributed by atoms with Crippen molar-refractivity contribution in [1.29, 1.82) is 0 Å². The lowest BCUT2D eigenvalue weighted by Crippen LogP contribution is -2.37. The molecule has 0 spiro atoms. The molecule has 1 aliphatic heterocycles. The quantitative estimate of drug-likeness (QED) is 0.832. The Balaban J connectivity index is 2.29. The van der Waals surface area contributed by atoms with E-state index in [1.807, 2.05) is 0 Å². The molecule has 17 heavy (non-hydrogen) atoms. The number of phenolic OH excluding ortho intramolecular Hbond substituents is 1. The van der Waals surface area contributed by atoms with Crippen LogP contribution in [0.1, 0.15) is 17.5 Å². The largest absolute Gasteiger partial charge is 0.507 e. The Morgan fingerprint density at radius 3 is 2.76 bits per heavy atom. The standard InChI is InChI=1S/C11H11F2NO3/c1-6-2-3-9(15)7(4-6)8-5-11(16,10(12)13)17-14-8/h2-4,10,15-16H,5H2,1H3. The summed E-state index contributed by atoms with van der Waals surface area (Å²) in [5.74, 6) is -2.68. The number of aryl methyl sites for hydroxylation is 1. The third-order valence-corrected chi connectivity index (χ3v) is 2.54. The van der Waals surface area contributed by atoms with Crippen molar-refractivity contribution in [2.45, 2.75) is 25.6 Å². The summed E-state index contributed by atoms with van der Waals surface area (Å²) < 4.78 is 25.0. The first-order valence-electron chi connectivity index (χ1n) is 4.98. The molecule has 4 nitrogen and oxygen atoms in total. The fourth-order valence-electron chi connectivity index (χ4n) is 1.58. The first-order chi connectivity index (χ1) is 7.92. The fourth-order valence-corrected chi connectivity index (χ4v) is 1.58.